The Morgan fingerprint density at radius 2 is 2.12 bits per heavy atom. The van der Waals surface area contributed by atoms with Crippen LogP contribution < -0.4 is 4.74 Å². The number of fused-ring (bicyclic) bond motifs is 1. The van der Waals surface area contributed by atoms with Crippen LogP contribution in [0.4, 0.5) is 0 Å². The molecule has 0 spiro atoms. The van der Waals surface area contributed by atoms with Gasteiger partial charge in [-0.2, -0.15) is 0 Å². The topological polar surface area (TPSA) is 9.23 Å². The monoisotopic (exact) mass is 236 g/mol. The molecule has 0 N–H and O–H groups in total. The second-order valence-corrected chi connectivity index (χ2v) is 5.55. The van der Waals surface area contributed by atoms with Gasteiger partial charge in [-0.05, 0) is 54.7 Å². The van der Waals surface area contributed by atoms with Gasteiger partial charge in [-0.1, -0.05) is 24.6 Å². The van der Waals surface area contributed by atoms with E-state index < -0.39 is 0 Å². The highest BCUT2D eigenvalue weighted by atomic mass is 35.5. The van der Waals surface area contributed by atoms with Crippen LogP contribution in [0.3, 0.4) is 0 Å². The molecule has 0 unspecified atom stereocenters. The SMILES string of the molecule is C[C@@H]1CCc2c1ccc(Cl)c2OCC1CC1. The van der Waals surface area contributed by atoms with Crippen LogP contribution in [-0.4, -0.2) is 6.61 Å². The highest BCUT2D eigenvalue weighted by Crippen LogP contribution is 2.42. The van der Waals surface area contributed by atoms with E-state index >= 15 is 0 Å². The molecule has 0 heterocycles. The number of hydrogen-bond acceptors (Lipinski definition) is 1. The largest absolute Gasteiger partial charge is 0.491 e. The summed E-state index contributed by atoms with van der Waals surface area (Å²) >= 11 is 6.23. The zero-order chi connectivity index (χ0) is 11.1. The van der Waals surface area contributed by atoms with Crippen molar-refractivity contribution in [3.63, 3.8) is 0 Å². The molecule has 0 aromatic heterocycles. The van der Waals surface area contributed by atoms with Crippen molar-refractivity contribution < 1.29 is 4.74 Å². The van der Waals surface area contributed by atoms with Crippen molar-refractivity contribution in [2.45, 2.75) is 38.5 Å². The first-order valence-electron chi connectivity index (χ1n) is 6.20. The lowest BCUT2D eigenvalue weighted by Crippen LogP contribution is -2.02. The van der Waals surface area contributed by atoms with E-state index in [1.807, 2.05) is 6.07 Å². The summed E-state index contributed by atoms with van der Waals surface area (Å²) in [7, 11) is 0. The molecule has 3 rings (SSSR count). The van der Waals surface area contributed by atoms with E-state index in [9.17, 15) is 0 Å². The van der Waals surface area contributed by atoms with Crippen LogP contribution >= 0.6 is 11.6 Å². The van der Waals surface area contributed by atoms with Gasteiger partial charge < -0.3 is 4.74 Å². The third kappa shape index (κ3) is 1.82. The summed E-state index contributed by atoms with van der Waals surface area (Å²) in [6.07, 6.45) is 5.00. The second-order valence-electron chi connectivity index (χ2n) is 5.14. The molecule has 1 atom stereocenters. The molecule has 0 amide bonds. The molecule has 0 radical (unpaired) electrons. The zero-order valence-corrected chi connectivity index (χ0v) is 10.4. The number of halogens is 1. The van der Waals surface area contributed by atoms with Gasteiger partial charge in [-0.15, -0.1) is 0 Å². The Morgan fingerprint density at radius 3 is 2.88 bits per heavy atom. The molecule has 1 fully saturated rings. The lowest BCUT2D eigenvalue weighted by atomic mass is 10.0. The molecule has 86 valence electrons. The minimum atomic E-state index is 0.663. The van der Waals surface area contributed by atoms with Crippen molar-refractivity contribution >= 4 is 11.6 Å². The van der Waals surface area contributed by atoms with Gasteiger partial charge in [-0.3, -0.25) is 0 Å². The van der Waals surface area contributed by atoms with Crippen LogP contribution in [0.5, 0.6) is 5.75 Å². The molecule has 0 aliphatic heterocycles. The van der Waals surface area contributed by atoms with Crippen LogP contribution in [0, 0.1) is 5.92 Å². The van der Waals surface area contributed by atoms with Gasteiger partial charge >= 0.3 is 0 Å². The third-order valence-corrected chi connectivity index (χ3v) is 4.06. The van der Waals surface area contributed by atoms with Crippen LogP contribution in [0.25, 0.3) is 0 Å². The van der Waals surface area contributed by atoms with E-state index in [-0.39, 0.29) is 0 Å². The summed E-state index contributed by atoms with van der Waals surface area (Å²) in [6, 6.07) is 4.16. The quantitative estimate of drug-likeness (QED) is 0.765. The first-order chi connectivity index (χ1) is 7.75. The van der Waals surface area contributed by atoms with Gasteiger partial charge in [0.2, 0.25) is 0 Å². The summed E-state index contributed by atoms with van der Waals surface area (Å²) in [5, 5.41) is 0.786. The van der Waals surface area contributed by atoms with Crippen LogP contribution in [0.15, 0.2) is 12.1 Å². The Balaban J connectivity index is 1.89. The van der Waals surface area contributed by atoms with Crippen LogP contribution in [-0.2, 0) is 6.42 Å². The van der Waals surface area contributed by atoms with Crippen LogP contribution in [0.2, 0.25) is 5.02 Å². The molecule has 2 heteroatoms. The Bertz CT molecular complexity index is 409. The normalized spacial score (nSPS) is 23.2. The Labute approximate surface area is 102 Å². The van der Waals surface area contributed by atoms with Gasteiger partial charge in [0.15, 0.2) is 0 Å². The average molecular weight is 237 g/mol. The molecule has 1 saturated carbocycles. The molecule has 16 heavy (non-hydrogen) atoms. The molecule has 2 aliphatic carbocycles. The van der Waals surface area contributed by atoms with Crippen molar-refractivity contribution in [1.29, 1.82) is 0 Å². The summed E-state index contributed by atoms with van der Waals surface area (Å²) in [4.78, 5) is 0. The molecular weight excluding hydrogens is 220 g/mol. The van der Waals surface area contributed by atoms with Gasteiger partial charge in [0.25, 0.3) is 0 Å². The fourth-order valence-electron chi connectivity index (χ4n) is 2.49. The molecular formula is C14H17ClO. The van der Waals surface area contributed by atoms with E-state index in [4.69, 9.17) is 16.3 Å². The van der Waals surface area contributed by atoms with Crippen molar-refractivity contribution in [3.8, 4) is 5.75 Å². The third-order valence-electron chi connectivity index (χ3n) is 3.77. The Morgan fingerprint density at radius 1 is 1.31 bits per heavy atom. The smallest absolute Gasteiger partial charge is 0.141 e. The summed E-state index contributed by atoms with van der Waals surface area (Å²) in [5.41, 5.74) is 2.80. The maximum Gasteiger partial charge on any atom is 0.141 e. The standard InChI is InChI=1S/C14H17ClO/c1-9-2-5-12-11(9)6-7-13(15)14(12)16-8-10-3-4-10/h6-7,9-10H,2-5,8H2,1H3/t9-/m1/s1. The maximum atomic E-state index is 6.23. The molecule has 1 aromatic carbocycles. The second kappa shape index (κ2) is 3.96. The summed E-state index contributed by atoms with van der Waals surface area (Å²) in [5.74, 6) is 2.41. The lowest BCUT2D eigenvalue weighted by Gasteiger charge is -2.13. The van der Waals surface area contributed by atoms with E-state index in [2.05, 4.69) is 13.0 Å². The van der Waals surface area contributed by atoms with E-state index in [1.165, 1.54) is 30.4 Å². The zero-order valence-electron chi connectivity index (χ0n) is 9.63. The number of rotatable bonds is 3. The van der Waals surface area contributed by atoms with Crippen molar-refractivity contribution in [1.82, 2.24) is 0 Å². The fraction of sp³-hybridized carbons (Fsp3) is 0.571. The predicted molar refractivity (Wildman–Crippen MR) is 66.4 cm³/mol. The van der Waals surface area contributed by atoms with Gasteiger partial charge in [0.1, 0.15) is 5.75 Å². The van der Waals surface area contributed by atoms with Gasteiger partial charge in [0, 0.05) is 0 Å². The lowest BCUT2D eigenvalue weighted by molar-refractivity contribution is 0.297. The Kier molecular flexibility index (Phi) is 2.59. The number of hydrogen-bond donors (Lipinski definition) is 0. The number of benzene rings is 1. The van der Waals surface area contributed by atoms with Crippen LogP contribution in [0.1, 0.15) is 43.2 Å². The predicted octanol–water partition coefficient (Wildman–Crippen LogP) is 4.18. The highest BCUT2D eigenvalue weighted by Gasteiger charge is 2.26. The van der Waals surface area contributed by atoms with E-state index in [1.54, 1.807) is 0 Å². The fourth-order valence-corrected chi connectivity index (χ4v) is 2.72. The minimum absolute atomic E-state index is 0.663. The van der Waals surface area contributed by atoms with Gasteiger partial charge in [-0.25, -0.2) is 0 Å². The maximum absolute atomic E-state index is 6.23. The summed E-state index contributed by atoms with van der Waals surface area (Å²) in [6.45, 7) is 3.13. The first-order valence-corrected chi connectivity index (χ1v) is 6.57. The molecule has 2 aliphatic rings. The van der Waals surface area contributed by atoms with E-state index in [0.717, 1.165) is 29.7 Å². The van der Waals surface area contributed by atoms with Gasteiger partial charge in [0.05, 0.1) is 11.6 Å². The van der Waals surface area contributed by atoms with Crippen molar-refractivity contribution in [2.75, 3.05) is 6.61 Å². The minimum Gasteiger partial charge on any atom is -0.491 e. The van der Waals surface area contributed by atoms with Crippen molar-refractivity contribution in [3.05, 3.63) is 28.3 Å². The Hall–Kier alpha value is -0.690. The van der Waals surface area contributed by atoms with Crippen molar-refractivity contribution in [2.24, 2.45) is 5.92 Å². The first kappa shape index (κ1) is 10.5. The molecule has 1 aromatic rings. The summed E-state index contributed by atoms with van der Waals surface area (Å²) < 4.78 is 5.92. The van der Waals surface area contributed by atoms with E-state index in [0.29, 0.717) is 5.92 Å². The molecule has 0 bridgehead atoms. The number of ether oxygens (including phenoxy) is 1. The highest BCUT2D eigenvalue weighted by molar-refractivity contribution is 6.32. The molecule has 1 nitrogen and oxygen atoms in total. The molecule has 0 saturated heterocycles. The average Bonchev–Trinajstić information content (AvgIpc) is 3.02.